The molecular formula is C23H23NO. The van der Waals surface area contributed by atoms with E-state index in [4.69, 9.17) is 0 Å². The molecule has 2 nitrogen and oxygen atoms in total. The molecule has 0 saturated heterocycles. The number of benzene rings is 3. The van der Waals surface area contributed by atoms with E-state index in [1.165, 1.54) is 21.9 Å². The van der Waals surface area contributed by atoms with Gasteiger partial charge in [-0.15, -0.1) is 0 Å². The summed E-state index contributed by atoms with van der Waals surface area (Å²) in [5, 5.41) is 5.47. The first kappa shape index (κ1) is 17.0. The van der Waals surface area contributed by atoms with Crippen LogP contribution in [0.5, 0.6) is 0 Å². The zero-order chi connectivity index (χ0) is 17.8. The Hall–Kier alpha value is -2.87. The molecule has 25 heavy (non-hydrogen) atoms. The first-order chi connectivity index (χ1) is 12.0. The number of aryl methyl sites for hydroxylation is 2. The van der Waals surface area contributed by atoms with Crippen LogP contribution in [0.2, 0.25) is 0 Å². The van der Waals surface area contributed by atoms with Gasteiger partial charge < -0.3 is 5.32 Å². The van der Waals surface area contributed by atoms with Crippen molar-refractivity contribution in [3.63, 3.8) is 0 Å². The van der Waals surface area contributed by atoms with Crippen LogP contribution in [0.15, 0.2) is 67.2 Å². The third-order valence-corrected chi connectivity index (χ3v) is 4.36. The molecule has 0 fully saturated rings. The third-order valence-electron chi connectivity index (χ3n) is 4.36. The van der Waals surface area contributed by atoms with Crippen molar-refractivity contribution >= 4 is 27.9 Å². The predicted molar refractivity (Wildman–Crippen MR) is 107 cm³/mol. The van der Waals surface area contributed by atoms with Gasteiger partial charge in [-0.2, -0.15) is 0 Å². The summed E-state index contributed by atoms with van der Waals surface area (Å²) in [6.45, 7) is 8.01. The van der Waals surface area contributed by atoms with Gasteiger partial charge in [0.25, 0.3) is 0 Å². The molecule has 0 heterocycles. The van der Waals surface area contributed by atoms with E-state index in [9.17, 15) is 4.79 Å². The molecule has 0 spiro atoms. The van der Waals surface area contributed by atoms with Crippen LogP contribution in [0.25, 0.3) is 16.3 Å². The Bertz CT molecular complexity index is 940. The largest absolute Gasteiger partial charge is 0.326 e. The molecule has 3 aromatic rings. The van der Waals surface area contributed by atoms with Gasteiger partial charge in [-0.3, -0.25) is 4.79 Å². The van der Waals surface area contributed by atoms with Crippen molar-refractivity contribution in [2.75, 3.05) is 5.32 Å². The Balaban J connectivity index is 1.66. The van der Waals surface area contributed by atoms with Gasteiger partial charge in [-0.1, -0.05) is 66.7 Å². The van der Waals surface area contributed by atoms with Gasteiger partial charge in [0.1, 0.15) is 0 Å². The van der Waals surface area contributed by atoms with Crippen LogP contribution in [0.4, 0.5) is 5.69 Å². The van der Waals surface area contributed by atoms with Crippen LogP contribution in [-0.2, 0) is 11.2 Å². The maximum absolute atomic E-state index is 12.3. The number of para-hydroxylation sites is 1. The number of carbonyl (C=O) groups is 1. The molecule has 0 unspecified atom stereocenters. The van der Waals surface area contributed by atoms with Crippen molar-refractivity contribution in [2.24, 2.45) is 0 Å². The standard InChI is InChI=1S/C23H23NO/c1-16(2)21-6-4-5-7-22(21)24-23(25)13-10-18-9-12-19-14-17(3)8-11-20(19)15-18/h4-9,11-12,14-15H,1,10,13H2,2-3H3,(H,24,25). The molecule has 0 aliphatic carbocycles. The van der Waals surface area contributed by atoms with Crippen molar-refractivity contribution in [3.8, 4) is 0 Å². The summed E-state index contributed by atoms with van der Waals surface area (Å²) in [5.41, 5.74) is 5.20. The van der Waals surface area contributed by atoms with Gasteiger partial charge >= 0.3 is 0 Å². The quantitative estimate of drug-likeness (QED) is 0.634. The average molecular weight is 329 g/mol. The molecule has 0 bridgehead atoms. The lowest BCUT2D eigenvalue weighted by atomic mass is 10.0. The van der Waals surface area contributed by atoms with Gasteiger partial charge in [-0.25, -0.2) is 0 Å². The van der Waals surface area contributed by atoms with Crippen molar-refractivity contribution < 1.29 is 4.79 Å². The highest BCUT2D eigenvalue weighted by molar-refractivity contribution is 5.94. The number of fused-ring (bicyclic) bond motifs is 1. The molecule has 3 aromatic carbocycles. The number of rotatable bonds is 5. The second-order valence-electron chi connectivity index (χ2n) is 6.56. The molecule has 126 valence electrons. The molecule has 1 N–H and O–H groups in total. The maximum Gasteiger partial charge on any atom is 0.224 e. The first-order valence-corrected chi connectivity index (χ1v) is 8.57. The molecule has 3 rings (SSSR count). The highest BCUT2D eigenvalue weighted by Crippen LogP contribution is 2.22. The summed E-state index contributed by atoms with van der Waals surface area (Å²) >= 11 is 0. The second kappa shape index (κ2) is 7.35. The molecule has 2 heteroatoms. The third kappa shape index (κ3) is 4.16. The summed E-state index contributed by atoms with van der Waals surface area (Å²) in [7, 11) is 0. The Morgan fingerprint density at radius 1 is 1.00 bits per heavy atom. The molecular weight excluding hydrogens is 306 g/mol. The van der Waals surface area contributed by atoms with E-state index in [0.717, 1.165) is 23.2 Å². The summed E-state index contributed by atoms with van der Waals surface area (Å²) in [4.78, 5) is 12.3. The van der Waals surface area contributed by atoms with E-state index in [1.807, 2.05) is 31.2 Å². The molecule has 0 radical (unpaired) electrons. The number of amides is 1. The summed E-state index contributed by atoms with van der Waals surface area (Å²) < 4.78 is 0. The lowest BCUT2D eigenvalue weighted by molar-refractivity contribution is -0.116. The van der Waals surface area contributed by atoms with E-state index in [0.29, 0.717) is 6.42 Å². The van der Waals surface area contributed by atoms with Gasteiger partial charge in [0.05, 0.1) is 0 Å². The summed E-state index contributed by atoms with van der Waals surface area (Å²) in [6.07, 6.45) is 1.19. The Kier molecular flexibility index (Phi) is 4.99. The second-order valence-corrected chi connectivity index (χ2v) is 6.56. The van der Waals surface area contributed by atoms with Gasteiger partial charge in [0.2, 0.25) is 5.91 Å². The average Bonchev–Trinajstić information content (AvgIpc) is 2.60. The van der Waals surface area contributed by atoms with Crippen LogP contribution >= 0.6 is 0 Å². The van der Waals surface area contributed by atoms with E-state index < -0.39 is 0 Å². The fraction of sp³-hybridized carbons (Fsp3) is 0.174. The molecule has 0 aliphatic heterocycles. The number of hydrogen-bond donors (Lipinski definition) is 1. The fourth-order valence-corrected chi connectivity index (χ4v) is 3.00. The molecule has 0 aromatic heterocycles. The summed E-state index contributed by atoms with van der Waals surface area (Å²) in [6, 6.07) is 20.6. The summed E-state index contributed by atoms with van der Waals surface area (Å²) in [5.74, 6) is 0.0257. The van der Waals surface area contributed by atoms with Crippen LogP contribution in [0.3, 0.4) is 0 Å². The minimum Gasteiger partial charge on any atom is -0.326 e. The van der Waals surface area contributed by atoms with Crippen LogP contribution < -0.4 is 5.32 Å². The van der Waals surface area contributed by atoms with Crippen molar-refractivity contribution in [1.82, 2.24) is 0 Å². The maximum atomic E-state index is 12.3. The lowest BCUT2D eigenvalue weighted by Crippen LogP contribution is -2.13. The van der Waals surface area contributed by atoms with Crippen LogP contribution in [0, 0.1) is 6.92 Å². The van der Waals surface area contributed by atoms with Crippen molar-refractivity contribution in [2.45, 2.75) is 26.7 Å². The smallest absolute Gasteiger partial charge is 0.224 e. The fourth-order valence-electron chi connectivity index (χ4n) is 3.00. The predicted octanol–water partition coefficient (Wildman–Crippen LogP) is 5.75. The monoisotopic (exact) mass is 329 g/mol. The van der Waals surface area contributed by atoms with Gasteiger partial charge in [0, 0.05) is 17.7 Å². The Labute approximate surface area is 149 Å². The van der Waals surface area contributed by atoms with E-state index >= 15 is 0 Å². The minimum absolute atomic E-state index is 0.0257. The molecule has 0 saturated carbocycles. The topological polar surface area (TPSA) is 29.1 Å². The number of hydrogen-bond acceptors (Lipinski definition) is 1. The lowest BCUT2D eigenvalue weighted by Gasteiger charge is -2.11. The van der Waals surface area contributed by atoms with Gasteiger partial charge in [-0.05, 0) is 48.2 Å². The van der Waals surface area contributed by atoms with Crippen LogP contribution in [-0.4, -0.2) is 5.91 Å². The first-order valence-electron chi connectivity index (χ1n) is 8.57. The Morgan fingerprint density at radius 3 is 2.52 bits per heavy atom. The number of carbonyl (C=O) groups excluding carboxylic acids is 1. The molecule has 1 amide bonds. The zero-order valence-corrected chi connectivity index (χ0v) is 14.8. The SMILES string of the molecule is C=C(C)c1ccccc1NC(=O)CCc1ccc2cc(C)ccc2c1. The number of nitrogens with one attached hydrogen (secondary N) is 1. The molecule has 0 atom stereocenters. The molecule has 0 aliphatic rings. The van der Waals surface area contributed by atoms with E-state index in [2.05, 4.69) is 55.2 Å². The van der Waals surface area contributed by atoms with E-state index in [1.54, 1.807) is 0 Å². The van der Waals surface area contributed by atoms with Gasteiger partial charge in [0.15, 0.2) is 0 Å². The highest BCUT2D eigenvalue weighted by atomic mass is 16.1. The number of anilines is 1. The minimum atomic E-state index is 0.0257. The van der Waals surface area contributed by atoms with Crippen LogP contribution in [0.1, 0.15) is 30.0 Å². The van der Waals surface area contributed by atoms with Crippen molar-refractivity contribution in [1.29, 1.82) is 0 Å². The van der Waals surface area contributed by atoms with Crippen molar-refractivity contribution in [3.05, 3.63) is 83.9 Å². The number of allylic oxidation sites excluding steroid dienone is 1. The van der Waals surface area contributed by atoms with E-state index in [-0.39, 0.29) is 5.91 Å². The normalized spacial score (nSPS) is 10.6. The zero-order valence-electron chi connectivity index (χ0n) is 14.8. The highest BCUT2D eigenvalue weighted by Gasteiger charge is 2.07. The Morgan fingerprint density at radius 2 is 1.72 bits per heavy atom.